The van der Waals surface area contributed by atoms with Crippen LogP contribution in [0.25, 0.3) is 0 Å². The summed E-state index contributed by atoms with van der Waals surface area (Å²) in [6, 6.07) is 0. The second-order valence-electron chi connectivity index (χ2n) is 8.84. The molecule has 2 saturated heterocycles. The Hall–Kier alpha value is -1.30. The maximum Gasteiger partial charge on any atom is 0.220 e. The van der Waals surface area contributed by atoms with Crippen molar-refractivity contribution in [3.05, 3.63) is 0 Å². The van der Waals surface area contributed by atoms with E-state index in [0.717, 1.165) is 57.9 Å². The molecule has 1 amide bonds. The highest BCUT2D eigenvalue weighted by Crippen LogP contribution is 2.45. The van der Waals surface area contributed by atoms with E-state index in [-0.39, 0.29) is 11.8 Å². The molecule has 0 bridgehead atoms. The van der Waals surface area contributed by atoms with Crippen molar-refractivity contribution in [2.45, 2.75) is 64.7 Å². The Kier molecular flexibility index (Phi) is 7.39. The van der Waals surface area contributed by atoms with Crippen LogP contribution < -0.4 is 11.1 Å². The molecule has 0 unspecified atom stereocenters. The zero-order valence-corrected chi connectivity index (χ0v) is 17.2. The minimum atomic E-state index is -0.124. The number of rotatable bonds is 7. The number of amides is 1. The van der Waals surface area contributed by atoms with Gasteiger partial charge < -0.3 is 20.9 Å². The van der Waals surface area contributed by atoms with Gasteiger partial charge >= 0.3 is 0 Å². The van der Waals surface area contributed by atoms with Gasteiger partial charge in [-0.25, -0.2) is 0 Å². The average molecular weight is 378 g/mol. The van der Waals surface area contributed by atoms with Crippen LogP contribution in [0.15, 0.2) is 4.99 Å². The SMILES string of the molecule is CCNC(=NCCCCN1CCC(C(N)=O)CC1)N1CCC2(CCCC2)C1. The van der Waals surface area contributed by atoms with Gasteiger partial charge in [-0.05, 0) is 76.9 Å². The number of nitrogens with zero attached hydrogens (tertiary/aromatic N) is 3. The molecule has 154 valence electrons. The minimum absolute atomic E-state index is 0.0946. The van der Waals surface area contributed by atoms with E-state index >= 15 is 0 Å². The van der Waals surface area contributed by atoms with Crippen molar-refractivity contribution in [1.29, 1.82) is 0 Å². The number of carbonyl (C=O) groups excluding carboxylic acids is 1. The smallest absolute Gasteiger partial charge is 0.220 e. The van der Waals surface area contributed by atoms with Crippen molar-refractivity contribution < 1.29 is 4.79 Å². The monoisotopic (exact) mass is 377 g/mol. The van der Waals surface area contributed by atoms with Crippen LogP contribution in [0.1, 0.15) is 64.7 Å². The summed E-state index contributed by atoms with van der Waals surface area (Å²) in [6.45, 7) is 9.51. The lowest BCUT2D eigenvalue weighted by Crippen LogP contribution is -2.41. The molecule has 3 fully saturated rings. The van der Waals surface area contributed by atoms with Crippen LogP contribution in [-0.4, -0.2) is 67.5 Å². The Morgan fingerprint density at radius 1 is 1.15 bits per heavy atom. The van der Waals surface area contributed by atoms with E-state index in [0.29, 0.717) is 5.41 Å². The Balaban J connectivity index is 1.36. The second kappa shape index (κ2) is 9.76. The first kappa shape index (κ1) is 20.4. The predicted octanol–water partition coefficient (Wildman–Crippen LogP) is 2.20. The lowest BCUT2D eigenvalue weighted by Gasteiger charge is -2.30. The molecule has 0 aromatic carbocycles. The third-order valence-corrected chi connectivity index (χ3v) is 6.87. The molecule has 1 saturated carbocycles. The molecule has 0 aromatic heterocycles. The minimum Gasteiger partial charge on any atom is -0.369 e. The molecule has 2 heterocycles. The van der Waals surface area contributed by atoms with E-state index in [1.54, 1.807) is 0 Å². The Morgan fingerprint density at radius 2 is 1.89 bits per heavy atom. The molecule has 1 spiro atoms. The predicted molar refractivity (Wildman–Crippen MR) is 111 cm³/mol. The molecule has 3 aliphatic rings. The van der Waals surface area contributed by atoms with E-state index < -0.39 is 0 Å². The van der Waals surface area contributed by atoms with Crippen molar-refractivity contribution in [2.75, 3.05) is 45.8 Å². The first-order valence-corrected chi connectivity index (χ1v) is 11.2. The highest BCUT2D eigenvalue weighted by Gasteiger charge is 2.41. The van der Waals surface area contributed by atoms with Gasteiger partial charge in [-0.3, -0.25) is 9.79 Å². The summed E-state index contributed by atoms with van der Waals surface area (Å²) in [5.41, 5.74) is 6.00. The topological polar surface area (TPSA) is 74.0 Å². The molecule has 3 rings (SSSR count). The molecule has 27 heavy (non-hydrogen) atoms. The van der Waals surface area contributed by atoms with Gasteiger partial charge in [-0.2, -0.15) is 0 Å². The number of unbranched alkanes of at least 4 members (excludes halogenated alkanes) is 1. The molecule has 3 N–H and O–H groups in total. The van der Waals surface area contributed by atoms with Crippen molar-refractivity contribution >= 4 is 11.9 Å². The maximum atomic E-state index is 11.2. The zero-order valence-electron chi connectivity index (χ0n) is 17.2. The summed E-state index contributed by atoms with van der Waals surface area (Å²) >= 11 is 0. The van der Waals surface area contributed by atoms with Crippen LogP contribution in [0.2, 0.25) is 0 Å². The molecule has 0 radical (unpaired) electrons. The molecular weight excluding hydrogens is 338 g/mol. The van der Waals surface area contributed by atoms with Gasteiger partial charge in [0.05, 0.1) is 0 Å². The third-order valence-electron chi connectivity index (χ3n) is 6.87. The van der Waals surface area contributed by atoms with Gasteiger partial charge in [-0.1, -0.05) is 12.8 Å². The lowest BCUT2D eigenvalue weighted by atomic mass is 9.86. The van der Waals surface area contributed by atoms with Crippen LogP contribution in [0, 0.1) is 11.3 Å². The fraction of sp³-hybridized carbons (Fsp3) is 0.905. The fourth-order valence-corrected chi connectivity index (χ4v) is 5.15. The molecule has 0 aromatic rings. The number of hydrogen-bond donors (Lipinski definition) is 2. The van der Waals surface area contributed by atoms with Crippen molar-refractivity contribution in [2.24, 2.45) is 22.1 Å². The average Bonchev–Trinajstić information content (AvgIpc) is 3.31. The van der Waals surface area contributed by atoms with E-state index in [1.807, 2.05) is 0 Å². The first-order valence-electron chi connectivity index (χ1n) is 11.2. The van der Waals surface area contributed by atoms with Crippen LogP contribution in [0.4, 0.5) is 0 Å². The lowest BCUT2D eigenvalue weighted by molar-refractivity contribution is -0.123. The molecule has 0 atom stereocenters. The maximum absolute atomic E-state index is 11.2. The number of nitrogens with one attached hydrogen (secondary N) is 1. The van der Waals surface area contributed by atoms with Gasteiger partial charge in [0.15, 0.2) is 5.96 Å². The van der Waals surface area contributed by atoms with Gasteiger partial charge in [0, 0.05) is 32.1 Å². The number of carbonyl (C=O) groups is 1. The number of nitrogens with two attached hydrogens (primary N) is 1. The number of primary amides is 1. The highest BCUT2D eigenvalue weighted by molar-refractivity contribution is 5.80. The number of hydrogen-bond acceptors (Lipinski definition) is 3. The quantitative estimate of drug-likeness (QED) is 0.405. The Morgan fingerprint density at radius 3 is 2.56 bits per heavy atom. The van der Waals surface area contributed by atoms with Crippen LogP contribution in [-0.2, 0) is 4.79 Å². The summed E-state index contributed by atoms with van der Waals surface area (Å²) in [4.78, 5) is 21.1. The zero-order chi connectivity index (χ0) is 19.1. The number of aliphatic imine (C=N–C) groups is 1. The second-order valence-corrected chi connectivity index (χ2v) is 8.84. The number of likely N-dealkylation sites (tertiary alicyclic amines) is 2. The van der Waals surface area contributed by atoms with Gasteiger partial charge in [0.1, 0.15) is 0 Å². The molecule has 2 aliphatic heterocycles. The van der Waals surface area contributed by atoms with Gasteiger partial charge in [0.2, 0.25) is 5.91 Å². The summed E-state index contributed by atoms with van der Waals surface area (Å²) in [6.07, 6.45) is 11.2. The first-order chi connectivity index (χ1) is 13.1. The van der Waals surface area contributed by atoms with Crippen LogP contribution in [0.5, 0.6) is 0 Å². The van der Waals surface area contributed by atoms with E-state index in [4.69, 9.17) is 10.7 Å². The molecule has 1 aliphatic carbocycles. The van der Waals surface area contributed by atoms with E-state index in [2.05, 4.69) is 22.0 Å². The summed E-state index contributed by atoms with van der Waals surface area (Å²) in [7, 11) is 0. The fourth-order valence-electron chi connectivity index (χ4n) is 5.15. The van der Waals surface area contributed by atoms with Gasteiger partial charge in [-0.15, -0.1) is 0 Å². The summed E-state index contributed by atoms with van der Waals surface area (Å²) in [5.74, 6) is 1.10. The Labute approximate surface area is 164 Å². The van der Waals surface area contributed by atoms with Gasteiger partial charge in [0.25, 0.3) is 0 Å². The van der Waals surface area contributed by atoms with E-state index in [9.17, 15) is 4.79 Å². The van der Waals surface area contributed by atoms with E-state index in [1.165, 1.54) is 51.6 Å². The molecular formula is C21H39N5O. The molecule has 6 nitrogen and oxygen atoms in total. The van der Waals surface area contributed by atoms with Crippen molar-refractivity contribution in [3.63, 3.8) is 0 Å². The standard InChI is InChI=1S/C21H39N5O/c1-2-23-20(26-16-11-21(17-26)9-3-4-10-21)24-12-5-6-13-25-14-7-18(8-15-25)19(22)27/h18H,2-17H2,1H3,(H2,22,27)(H,23,24). The summed E-state index contributed by atoms with van der Waals surface area (Å²) < 4.78 is 0. The summed E-state index contributed by atoms with van der Waals surface area (Å²) in [5, 5.41) is 3.51. The molecule has 6 heteroatoms. The third kappa shape index (κ3) is 5.59. The normalized spacial score (nSPS) is 24.0. The number of guanidine groups is 1. The number of piperidine rings is 1. The van der Waals surface area contributed by atoms with Crippen LogP contribution >= 0.6 is 0 Å². The highest BCUT2D eigenvalue weighted by atomic mass is 16.1. The van der Waals surface area contributed by atoms with Crippen molar-refractivity contribution in [3.8, 4) is 0 Å². The largest absolute Gasteiger partial charge is 0.369 e. The van der Waals surface area contributed by atoms with Crippen LogP contribution in [0.3, 0.4) is 0 Å². The Bertz CT molecular complexity index is 507. The van der Waals surface area contributed by atoms with Crippen molar-refractivity contribution in [1.82, 2.24) is 15.1 Å².